The summed E-state index contributed by atoms with van der Waals surface area (Å²) in [5.41, 5.74) is 5.01. The van der Waals surface area contributed by atoms with E-state index in [0.29, 0.717) is 11.1 Å². The predicted octanol–water partition coefficient (Wildman–Crippen LogP) is 6.50. The first-order valence-electron chi connectivity index (χ1n) is 11.0. The van der Waals surface area contributed by atoms with Crippen LogP contribution in [0.1, 0.15) is 43.0 Å². The first-order valence-corrected chi connectivity index (χ1v) is 11.0. The molecular weight excluding hydrogens is 456 g/mol. The Bertz CT molecular complexity index is 1360. The summed E-state index contributed by atoms with van der Waals surface area (Å²) in [7, 11) is 0. The van der Waals surface area contributed by atoms with E-state index in [-0.39, 0.29) is 22.6 Å². The van der Waals surface area contributed by atoms with Gasteiger partial charge in [-0.15, -0.1) is 0 Å². The van der Waals surface area contributed by atoms with E-state index in [0.717, 1.165) is 22.3 Å². The van der Waals surface area contributed by atoms with Crippen molar-refractivity contribution in [3.8, 4) is 22.6 Å². The Morgan fingerprint density at radius 3 is 1.11 bits per heavy atom. The third-order valence-electron chi connectivity index (χ3n) is 5.59. The Kier molecular flexibility index (Phi) is 6.97. The number of hydrogen-bond acceptors (Lipinski definition) is 4. The van der Waals surface area contributed by atoms with Crippen LogP contribution in [0, 0.1) is 0 Å². The minimum atomic E-state index is -1.18. The summed E-state index contributed by atoms with van der Waals surface area (Å²) in [5.74, 6) is -2.89. The molecule has 6 nitrogen and oxygen atoms in total. The highest BCUT2D eigenvalue weighted by atomic mass is 16.4. The van der Waals surface area contributed by atoms with Crippen LogP contribution in [-0.2, 0) is 0 Å². The van der Waals surface area contributed by atoms with Gasteiger partial charge in [-0.3, -0.25) is 0 Å². The second-order valence-corrected chi connectivity index (χ2v) is 8.07. The van der Waals surface area contributed by atoms with Crippen molar-refractivity contribution in [1.29, 1.82) is 0 Å². The zero-order chi connectivity index (χ0) is 25.7. The molecule has 4 aromatic rings. The van der Waals surface area contributed by atoms with Gasteiger partial charge in [0.1, 0.15) is 22.6 Å². The summed E-state index contributed by atoms with van der Waals surface area (Å²) in [6.45, 7) is 0. The van der Waals surface area contributed by atoms with Crippen LogP contribution in [0.3, 0.4) is 0 Å². The van der Waals surface area contributed by atoms with Crippen LogP contribution in [-0.4, -0.2) is 32.4 Å². The van der Waals surface area contributed by atoms with Crippen LogP contribution in [0.5, 0.6) is 11.5 Å². The van der Waals surface area contributed by atoms with Gasteiger partial charge in [-0.1, -0.05) is 85.0 Å². The number of hydrogen-bond donors (Lipinski definition) is 4. The molecule has 178 valence electrons. The van der Waals surface area contributed by atoms with E-state index >= 15 is 0 Å². The van der Waals surface area contributed by atoms with Crippen molar-refractivity contribution in [3.63, 3.8) is 0 Å². The lowest BCUT2D eigenvalue weighted by Gasteiger charge is -2.04. The molecule has 0 atom stereocenters. The molecule has 4 N–H and O–H groups in total. The second-order valence-electron chi connectivity index (χ2n) is 8.07. The summed E-state index contributed by atoms with van der Waals surface area (Å²) in [6.07, 6.45) is 7.31. The molecule has 0 aliphatic heterocycles. The largest absolute Gasteiger partial charge is 0.507 e. The van der Waals surface area contributed by atoms with Crippen LogP contribution >= 0.6 is 0 Å². The molecule has 0 bridgehead atoms. The Morgan fingerprint density at radius 1 is 0.472 bits per heavy atom. The van der Waals surface area contributed by atoms with E-state index in [1.54, 1.807) is 24.3 Å². The maximum absolute atomic E-state index is 11.2. The van der Waals surface area contributed by atoms with E-state index in [4.69, 9.17) is 10.2 Å². The minimum Gasteiger partial charge on any atom is -0.507 e. The molecule has 0 heterocycles. The van der Waals surface area contributed by atoms with Crippen molar-refractivity contribution in [2.45, 2.75) is 0 Å². The minimum absolute atomic E-state index is 0.140. The van der Waals surface area contributed by atoms with Gasteiger partial charge in [-0.25, -0.2) is 9.59 Å². The first-order chi connectivity index (χ1) is 17.3. The molecule has 0 saturated heterocycles. The summed E-state index contributed by atoms with van der Waals surface area (Å²) in [5, 5.41) is 37.5. The Labute approximate surface area is 207 Å². The van der Waals surface area contributed by atoms with Gasteiger partial charge in [0, 0.05) is 0 Å². The fraction of sp³-hybridized carbons (Fsp3) is 0. The quantitative estimate of drug-likeness (QED) is 0.225. The number of carbonyl (C=O) groups is 2. The summed E-state index contributed by atoms with van der Waals surface area (Å²) >= 11 is 0. The van der Waals surface area contributed by atoms with Gasteiger partial charge in [0.15, 0.2) is 0 Å². The van der Waals surface area contributed by atoms with Gasteiger partial charge < -0.3 is 20.4 Å². The maximum atomic E-state index is 11.2. The van der Waals surface area contributed by atoms with Crippen LogP contribution in [0.2, 0.25) is 0 Å². The smallest absolute Gasteiger partial charge is 0.339 e. The highest BCUT2D eigenvalue weighted by Gasteiger charge is 2.10. The number of carboxylic acid groups (broad SMARTS) is 2. The first kappa shape index (κ1) is 24.0. The van der Waals surface area contributed by atoms with Crippen molar-refractivity contribution in [2.75, 3.05) is 0 Å². The SMILES string of the molecule is O=C(O)c1cc(/C=C/c2ccc(-c3ccc(/C=C/c4ccc(O)c(C(=O)O)c4)cc3)cc2)ccc1O. The molecule has 4 rings (SSSR count). The van der Waals surface area contributed by atoms with Gasteiger partial charge in [-0.2, -0.15) is 0 Å². The van der Waals surface area contributed by atoms with E-state index in [9.17, 15) is 19.8 Å². The topological polar surface area (TPSA) is 115 Å². The third kappa shape index (κ3) is 5.69. The molecule has 4 aromatic carbocycles. The Morgan fingerprint density at radius 2 is 0.778 bits per heavy atom. The monoisotopic (exact) mass is 478 g/mol. The van der Waals surface area contributed by atoms with Crippen molar-refractivity contribution >= 4 is 36.2 Å². The van der Waals surface area contributed by atoms with E-state index < -0.39 is 11.9 Å². The number of carboxylic acids is 2. The van der Waals surface area contributed by atoms with E-state index in [1.165, 1.54) is 24.3 Å². The molecule has 6 heteroatoms. The van der Waals surface area contributed by atoms with Crippen molar-refractivity contribution < 1.29 is 30.0 Å². The normalized spacial score (nSPS) is 11.2. The Hall–Kier alpha value is -5.10. The molecule has 0 aromatic heterocycles. The third-order valence-corrected chi connectivity index (χ3v) is 5.59. The summed E-state index contributed by atoms with van der Waals surface area (Å²) in [4.78, 5) is 22.3. The molecule has 0 aliphatic rings. The second kappa shape index (κ2) is 10.4. The average molecular weight is 479 g/mol. The zero-order valence-corrected chi connectivity index (χ0v) is 19.0. The Balaban J connectivity index is 1.44. The summed E-state index contributed by atoms with van der Waals surface area (Å²) in [6, 6.07) is 24.7. The number of benzene rings is 4. The molecule has 0 amide bonds. The van der Waals surface area contributed by atoms with Crippen LogP contribution in [0.4, 0.5) is 0 Å². The van der Waals surface area contributed by atoms with Crippen molar-refractivity contribution in [2.24, 2.45) is 0 Å². The molecular formula is C30H22O6. The van der Waals surface area contributed by atoms with Crippen LogP contribution < -0.4 is 0 Å². The van der Waals surface area contributed by atoms with E-state index in [1.807, 2.05) is 60.7 Å². The van der Waals surface area contributed by atoms with Gasteiger partial charge in [0.2, 0.25) is 0 Å². The van der Waals surface area contributed by atoms with Crippen molar-refractivity contribution in [1.82, 2.24) is 0 Å². The molecule has 36 heavy (non-hydrogen) atoms. The lowest BCUT2D eigenvalue weighted by atomic mass is 10.0. The lowest BCUT2D eigenvalue weighted by molar-refractivity contribution is 0.0682. The number of rotatable bonds is 7. The van der Waals surface area contributed by atoms with Crippen LogP contribution in [0.25, 0.3) is 35.4 Å². The molecule has 0 spiro atoms. The van der Waals surface area contributed by atoms with Crippen molar-refractivity contribution in [3.05, 3.63) is 118 Å². The number of phenols is 2. The predicted molar refractivity (Wildman–Crippen MR) is 140 cm³/mol. The number of aromatic carboxylic acids is 2. The highest BCUT2D eigenvalue weighted by Crippen LogP contribution is 2.24. The standard InChI is InChI=1S/C30H22O6/c31-27-15-9-21(17-25(27)29(33)34)3-1-19-5-11-23(12-6-19)24-13-7-20(8-14-24)2-4-22-10-16-28(32)26(18-22)30(35)36/h1-18,31-32H,(H,33,34)(H,35,36)/b3-1+,4-2+. The molecule has 0 aliphatic carbocycles. The highest BCUT2D eigenvalue weighted by molar-refractivity contribution is 5.92. The molecule has 0 saturated carbocycles. The van der Waals surface area contributed by atoms with Gasteiger partial charge in [-0.05, 0) is 57.6 Å². The number of aromatic hydroxyl groups is 2. The fourth-order valence-electron chi connectivity index (χ4n) is 3.62. The lowest BCUT2D eigenvalue weighted by Crippen LogP contribution is -1.96. The van der Waals surface area contributed by atoms with Gasteiger partial charge in [0.25, 0.3) is 0 Å². The fourth-order valence-corrected chi connectivity index (χ4v) is 3.62. The average Bonchev–Trinajstić information content (AvgIpc) is 2.88. The molecule has 0 unspecified atom stereocenters. The molecule has 0 radical (unpaired) electrons. The maximum Gasteiger partial charge on any atom is 0.339 e. The van der Waals surface area contributed by atoms with E-state index in [2.05, 4.69) is 0 Å². The van der Waals surface area contributed by atoms with Gasteiger partial charge >= 0.3 is 11.9 Å². The zero-order valence-electron chi connectivity index (χ0n) is 19.0. The molecule has 0 fully saturated rings. The van der Waals surface area contributed by atoms with Gasteiger partial charge in [0.05, 0.1) is 0 Å². The summed E-state index contributed by atoms with van der Waals surface area (Å²) < 4.78 is 0. The van der Waals surface area contributed by atoms with Crippen LogP contribution in [0.15, 0.2) is 84.9 Å².